The zero-order chi connectivity index (χ0) is 16.1. The van der Waals surface area contributed by atoms with E-state index in [4.69, 9.17) is 23.2 Å². The summed E-state index contributed by atoms with van der Waals surface area (Å²) in [4.78, 5) is 12.0. The third-order valence-corrected chi connectivity index (χ3v) is 4.27. The Morgan fingerprint density at radius 1 is 1.00 bits per heavy atom. The Labute approximate surface area is 140 Å². The molecule has 2 amide bonds. The van der Waals surface area contributed by atoms with Crippen molar-refractivity contribution >= 4 is 40.6 Å². The van der Waals surface area contributed by atoms with Crippen LogP contribution in [0.4, 0.5) is 16.2 Å². The van der Waals surface area contributed by atoms with Crippen LogP contribution in [0.15, 0.2) is 42.5 Å². The molecular weight excluding hydrogens is 319 g/mol. The van der Waals surface area contributed by atoms with E-state index in [2.05, 4.69) is 24.5 Å². The largest absolute Gasteiger partial charge is 0.323 e. The molecule has 2 aromatic rings. The highest BCUT2D eigenvalue weighted by Crippen LogP contribution is 2.25. The minimum atomic E-state index is -0.324. The Morgan fingerprint density at radius 2 is 1.59 bits per heavy atom. The molecule has 0 radical (unpaired) electrons. The van der Waals surface area contributed by atoms with E-state index in [9.17, 15) is 4.79 Å². The van der Waals surface area contributed by atoms with Crippen molar-refractivity contribution in [2.75, 3.05) is 10.6 Å². The monoisotopic (exact) mass is 336 g/mol. The maximum Gasteiger partial charge on any atom is 0.323 e. The second-order valence-electron chi connectivity index (χ2n) is 5.14. The summed E-state index contributed by atoms with van der Waals surface area (Å²) < 4.78 is 0. The van der Waals surface area contributed by atoms with Gasteiger partial charge < -0.3 is 10.6 Å². The lowest BCUT2D eigenvalue weighted by Crippen LogP contribution is -2.19. The van der Waals surface area contributed by atoms with Gasteiger partial charge in [0.05, 0.1) is 10.0 Å². The Morgan fingerprint density at radius 3 is 2.18 bits per heavy atom. The number of carbonyl (C=O) groups is 1. The molecule has 0 spiro atoms. The third kappa shape index (κ3) is 4.39. The maximum atomic E-state index is 12.0. The molecule has 116 valence electrons. The van der Waals surface area contributed by atoms with Crippen LogP contribution in [0.5, 0.6) is 0 Å². The number of rotatable bonds is 4. The van der Waals surface area contributed by atoms with Gasteiger partial charge in [0.2, 0.25) is 0 Å². The molecule has 0 saturated carbocycles. The van der Waals surface area contributed by atoms with Crippen LogP contribution in [0.2, 0.25) is 10.0 Å². The van der Waals surface area contributed by atoms with E-state index in [1.807, 2.05) is 24.3 Å². The predicted octanol–water partition coefficient (Wildman–Crippen LogP) is 6.15. The second kappa shape index (κ2) is 7.52. The molecule has 0 saturated heterocycles. The molecule has 0 bridgehead atoms. The number of benzene rings is 2. The Bertz CT molecular complexity index is 656. The first-order valence-corrected chi connectivity index (χ1v) is 7.88. The van der Waals surface area contributed by atoms with Gasteiger partial charge in [0.25, 0.3) is 0 Å². The van der Waals surface area contributed by atoms with E-state index < -0.39 is 0 Å². The van der Waals surface area contributed by atoms with E-state index in [-0.39, 0.29) is 6.03 Å². The van der Waals surface area contributed by atoms with Crippen molar-refractivity contribution in [3.63, 3.8) is 0 Å². The predicted molar refractivity (Wildman–Crippen MR) is 94.3 cm³/mol. The maximum absolute atomic E-state index is 12.0. The van der Waals surface area contributed by atoms with Crippen LogP contribution in [0, 0.1) is 0 Å². The summed E-state index contributed by atoms with van der Waals surface area (Å²) in [5, 5.41) is 6.35. The number of urea groups is 1. The summed E-state index contributed by atoms with van der Waals surface area (Å²) >= 11 is 11.8. The molecule has 0 heterocycles. The molecule has 0 fully saturated rings. The highest BCUT2D eigenvalue weighted by Gasteiger charge is 2.06. The van der Waals surface area contributed by atoms with Crippen molar-refractivity contribution < 1.29 is 4.79 Å². The van der Waals surface area contributed by atoms with Crippen LogP contribution in [0.1, 0.15) is 31.7 Å². The number of halogens is 2. The van der Waals surface area contributed by atoms with Crippen LogP contribution in [0.25, 0.3) is 0 Å². The molecule has 0 aliphatic heterocycles. The van der Waals surface area contributed by atoms with Gasteiger partial charge >= 0.3 is 6.03 Å². The number of carbonyl (C=O) groups excluding carboxylic acids is 1. The van der Waals surface area contributed by atoms with Gasteiger partial charge in [-0.15, -0.1) is 0 Å². The summed E-state index contributed by atoms with van der Waals surface area (Å²) in [5.41, 5.74) is 2.59. The molecule has 2 rings (SSSR count). The first-order valence-electron chi connectivity index (χ1n) is 7.12. The number of hydrogen-bond donors (Lipinski definition) is 2. The fraction of sp³-hybridized carbons (Fsp3) is 0.235. The lowest BCUT2D eigenvalue weighted by Gasteiger charge is -2.11. The quantitative estimate of drug-likeness (QED) is 0.690. The number of amides is 2. The normalized spacial score (nSPS) is 11.8. The fourth-order valence-electron chi connectivity index (χ4n) is 2.00. The summed E-state index contributed by atoms with van der Waals surface area (Å²) in [6, 6.07) is 12.5. The third-order valence-electron chi connectivity index (χ3n) is 3.53. The lowest BCUT2D eigenvalue weighted by atomic mass is 9.99. The molecule has 3 nitrogen and oxygen atoms in total. The average molecular weight is 337 g/mol. The van der Waals surface area contributed by atoms with Gasteiger partial charge in [0, 0.05) is 11.4 Å². The van der Waals surface area contributed by atoms with Gasteiger partial charge in [-0.05, 0) is 48.2 Å². The zero-order valence-electron chi connectivity index (χ0n) is 12.5. The molecular formula is C17H18Cl2N2O. The highest BCUT2D eigenvalue weighted by molar-refractivity contribution is 6.42. The standard InChI is InChI=1S/C17H18Cl2N2O/c1-3-11(2)12-4-6-13(7-5-12)20-17(22)21-14-8-9-15(18)16(19)10-14/h4-11H,3H2,1-2H3,(H2,20,21,22). The van der Waals surface area contributed by atoms with Crippen LogP contribution in [-0.2, 0) is 0 Å². The number of nitrogens with one attached hydrogen (secondary N) is 2. The fourth-order valence-corrected chi connectivity index (χ4v) is 2.30. The van der Waals surface area contributed by atoms with Gasteiger partial charge in [0.1, 0.15) is 0 Å². The van der Waals surface area contributed by atoms with Crippen molar-refractivity contribution in [2.45, 2.75) is 26.2 Å². The van der Waals surface area contributed by atoms with E-state index in [1.165, 1.54) is 5.56 Å². The molecule has 0 aromatic heterocycles. The van der Waals surface area contributed by atoms with E-state index in [0.29, 0.717) is 21.7 Å². The summed E-state index contributed by atoms with van der Waals surface area (Å²) in [7, 11) is 0. The Kier molecular flexibility index (Phi) is 5.69. The molecule has 0 aliphatic rings. The summed E-state index contributed by atoms with van der Waals surface area (Å²) in [5.74, 6) is 0.513. The highest BCUT2D eigenvalue weighted by atomic mass is 35.5. The molecule has 2 aromatic carbocycles. The first kappa shape index (κ1) is 16.7. The van der Waals surface area contributed by atoms with Gasteiger partial charge in [-0.1, -0.05) is 49.2 Å². The smallest absolute Gasteiger partial charge is 0.308 e. The number of anilines is 2. The second-order valence-corrected chi connectivity index (χ2v) is 5.95. The van der Waals surface area contributed by atoms with Crippen molar-refractivity contribution in [3.8, 4) is 0 Å². The summed E-state index contributed by atoms with van der Waals surface area (Å²) in [6.07, 6.45) is 1.09. The van der Waals surface area contributed by atoms with Crippen molar-refractivity contribution in [1.82, 2.24) is 0 Å². The topological polar surface area (TPSA) is 41.1 Å². The lowest BCUT2D eigenvalue weighted by molar-refractivity contribution is 0.262. The van der Waals surface area contributed by atoms with Crippen LogP contribution >= 0.6 is 23.2 Å². The van der Waals surface area contributed by atoms with Gasteiger partial charge in [-0.25, -0.2) is 4.79 Å². The SMILES string of the molecule is CCC(C)c1ccc(NC(=O)Nc2ccc(Cl)c(Cl)c2)cc1. The molecule has 1 unspecified atom stereocenters. The van der Waals surface area contributed by atoms with Gasteiger partial charge in [0.15, 0.2) is 0 Å². The van der Waals surface area contributed by atoms with E-state index in [0.717, 1.165) is 12.1 Å². The molecule has 0 aliphatic carbocycles. The Hall–Kier alpha value is -1.71. The van der Waals surface area contributed by atoms with Gasteiger partial charge in [-0.2, -0.15) is 0 Å². The van der Waals surface area contributed by atoms with E-state index >= 15 is 0 Å². The van der Waals surface area contributed by atoms with Crippen LogP contribution in [-0.4, -0.2) is 6.03 Å². The molecule has 5 heteroatoms. The van der Waals surface area contributed by atoms with Crippen LogP contribution in [0.3, 0.4) is 0 Å². The molecule has 2 N–H and O–H groups in total. The van der Waals surface area contributed by atoms with Crippen molar-refractivity contribution in [3.05, 3.63) is 58.1 Å². The Balaban J connectivity index is 1.98. The average Bonchev–Trinajstić information content (AvgIpc) is 2.51. The minimum Gasteiger partial charge on any atom is -0.308 e. The number of hydrogen-bond acceptors (Lipinski definition) is 1. The first-order chi connectivity index (χ1) is 10.5. The van der Waals surface area contributed by atoms with Crippen molar-refractivity contribution in [1.29, 1.82) is 0 Å². The van der Waals surface area contributed by atoms with Gasteiger partial charge in [-0.3, -0.25) is 0 Å². The van der Waals surface area contributed by atoms with Crippen molar-refractivity contribution in [2.24, 2.45) is 0 Å². The zero-order valence-corrected chi connectivity index (χ0v) is 14.0. The van der Waals surface area contributed by atoms with E-state index in [1.54, 1.807) is 18.2 Å². The summed E-state index contributed by atoms with van der Waals surface area (Å²) in [6.45, 7) is 4.33. The molecule has 22 heavy (non-hydrogen) atoms. The molecule has 1 atom stereocenters. The van der Waals surface area contributed by atoms with Crippen LogP contribution < -0.4 is 10.6 Å². The minimum absolute atomic E-state index is 0.324.